The topological polar surface area (TPSA) is 9.23 Å². The summed E-state index contributed by atoms with van der Waals surface area (Å²) < 4.78 is 6.97. The van der Waals surface area contributed by atoms with Gasteiger partial charge in [0.25, 0.3) is 0 Å². The van der Waals surface area contributed by atoms with Gasteiger partial charge in [-0.05, 0) is 92.2 Å². The molecule has 0 heterocycles. The van der Waals surface area contributed by atoms with Crippen LogP contribution in [-0.4, -0.2) is 20.6 Å². The molecular weight excluding hydrogens is 471 g/mol. The molecule has 0 saturated heterocycles. The van der Waals surface area contributed by atoms with Crippen molar-refractivity contribution in [3.05, 3.63) is 103 Å². The number of benzene rings is 3. The van der Waals surface area contributed by atoms with Crippen molar-refractivity contribution < 1.29 is 4.43 Å². The summed E-state index contributed by atoms with van der Waals surface area (Å²) in [4.78, 5) is 0. The van der Waals surface area contributed by atoms with E-state index in [1.165, 1.54) is 47.8 Å². The van der Waals surface area contributed by atoms with E-state index >= 15 is 0 Å². The first kappa shape index (κ1) is 27.1. The second-order valence-corrected chi connectivity index (χ2v) is 20.1. The molecular formula is C33H44OPSi+. The van der Waals surface area contributed by atoms with Crippen LogP contribution in [0.25, 0.3) is 0 Å². The zero-order valence-corrected chi connectivity index (χ0v) is 24.8. The molecule has 1 aliphatic rings. The Balaban J connectivity index is 1.64. The highest BCUT2D eigenvalue weighted by Crippen LogP contribution is 2.56. The molecule has 1 nitrogen and oxygen atoms in total. The zero-order valence-electron chi connectivity index (χ0n) is 22.9. The highest BCUT2D eigenvalue weighted by atomic mass is 31.2. The highest BCUT2D eigenvalue weighted by molar-refractivity contribution is 7.95. The molecule has 1 unspecified atom stereocenters. The SMILES string of the molecule is CC(C)(C)[Si](C)(C)OC1CCCC=C1CCC[P+](c1ccccc1)(c1ccccc1)c1ccccc1. The van der Waals surface area contributed by atoms with Crippen LogP contribution >= 0.6 is 7.26 Å². The zero-order chi connectivity index (χ0) is 25.7. The predicted octanol–water partition coefficient (Wildman–Crippen LogP) is 8.26. The van der Waals surface area contributed by atoms with Crippen LogP contribution in [0.1, 0.15) is 52.9 Å². The van der Waals surface area contributed by atoms with Gasteiger partial charge in [0.1, 0.15) is 23.2 Å². The molecule has 36 heavy (non-hydrogen) atoms. The molecule has 3 heteroatoms. The minimum atomic E-state index is -1.80. The van der Waals surface area contributed by atoms with Crippen LogP contribution in [0.2, 0.25) is 18.1 Å². The lowest BCUT2D eigenvalue weighted by molar-refractivity contribution is 0.191. The first-order valence-corrected chi connectivity index (χ1v) is 18.5. The van der Waals surface area contributed by atoms with E-state index in [4.69, 9.17) is 4.43 Å². The largest absolute Gasteiger partial charge is 0.410 e. The van der Waals surface area contributed by atoms with Crippen LogP contribution in [0.5, 0.6) is 0 Å². The summed E-state index contributed by atoms with van der Waals surface area (Å²) in [7, 11) is -3.57. The van der Waals surface area contributed by atoms with Crippen molar-refractivity contribution in [2.24, 2.45) is 0 Å². The van der Waals surface area contributed by atoms with E-state index in [0.717, 1.165) is 6.42 Å². The lowest BCUT2D eigenvalue weighted by Crippen LogP contribution is -2.44. The molecule has 0 saturated carbocycles. The van der Waals surface area contributed by atoms with Crippen LogP contribution in [0.4, 0.5) is 0 Å². The summed E-state index contributed by atoms with van der Waals surface area (Å²) in [6.07, 6.45) is 9.92. The summed E-state index contributed by atoms with van der Waals surface area (Å²) in [6.45, 7) is 11.9. The molecule has 4 rings (SSSR count). The van der Waals surface area contributed by atoms with E-state index in [1.54, 1.807) is 5.57 Å². The smallest absolute Gasteiger partial charge is 0.192 e. The summed E-state index contributed by atoms with van der Waals surface area (Å²) in [5, 5.41) is 4.68. The molecule has 0 spiro atoms. The summed E-state index contributed by atoms with van der Waals surface area (Å²) in [5.74, 6) is 0. The van der Waals surface area contributed by atoms with Gasteiger partial charge in [-0.15, -0.1) is 0 Å². The maximum atomic E-state index is 6.97. The molecule has 0 radical (unpaired) electrons. The Hall–Kier alpha value is -1.99. The fourth-order valence-electron chi connectivity index (χ4n) is 5.24. The van der Waals surface area contributed by atoms with Crippen molar-refractivity contribution in [2.45, 2.75) is 77.1 Å². The van der Waals surface area contributed by atoms with Crippen molar-refractivity contribution in [3.63, 3.8) is 0 Å². The number of allylic oxidation sites excluding steroid dienone is 1. The first-order valence-electron chi connectivity index (χ1n) is 13.7. The second kappa shape index (κ2) is 11.6. The Morgan fingerprint density at radius 1 is 0.778 bits per heavy atom. The van der Waals surface area contributed by atoms with E-state index in [1.807, 2.05) is 0 Å². The third kappa shape index (κ3) is 5.93. The fraction of sp³-hybridized carbons (Fsp3) is 0.394. The molecule has 1 aliphatic carbocycles. The summed E-state index contributed by atoms with van der Waals surface area (Å²) in [6, 6.07) is 33.8. The third-order valence-electron chi connectivity index (χ3n) is 8.28. The lowest BCUT2D eigenvalue weighted by Gasteiger charge is -2.41. The molecule has 0 aromatic heterocycles. The van der Waals surface area contributed by atoms with Crippen molar-refractivity contribution in [3.8, 4) is 0 Å². The predicted molar refractivity (Wildman–Crippen MR) is 163 cm³/mol. The Kier molecular flexibility index (Phi) is 8.71. The molecule has 0 aliphatic heterocycles. The van der Waals surface area contributed by atoms with Crippen LogP contribution in [0, 0.1) is 0 Å². The molecule has 0 bridgehead atoms. The van der Waals surface area contributed by atoms with E-state index < -0.39 is 15.6 Å². The van der Waals surface area contributed by atoms with Crippen molar-refractivity contribution in [1.82, 2.24) is 0 Å². The van der Waals surface area contributed by atoms with Crippen molar-refractivity contribution >= 4 is 31.5 Å². The van der Waals surface area contributed by atoms with E-state index in [2.05, 4.69) is 131 Å². The standard InChI is InChI=1S/C33H44OPSi/c1-33(2,3)36(4,5)34-32-26-16-15-18-28(32)19-17-27-35(29-20-9-6-10-21-29,30-22-11-7-12-23-30)31-24-13-8-14-25-31/h6-14,18,20-25,32H,15-17,19,26-27H2,1-5H3/q+1. The van der Waals surface area contributed by atoms with Gasteiger partial charge in [-0.3, -0.25) is 0 Å². The summed E-state index contributed by atoms with van der Waals surface area (Å²) in [5.41, 5.74) is 1.55. The maximum absolute atomic E-state index is 6.97. The average molecular weight is 516 g/mol. The average Bonchev–Trinajstić information content (AvgIpc) is 2.88. The highest BCUT2D eigenvalue weighted by Gasteiger charge is 2.45. The van der Waals surface area contributed by atoms with E-state index in [9.17, 15) is 0 Å². The molecule has 3 aromatic rings. The Labute approximate surface area is 221 Å². The molecule has 190 valence electrons. The van der Waals surface area contributed by atoms with Gasteiger partial charge in [-0.25, -0.2) is 0 Å². The van der Waals surface area contributed by atoms with Gasteiger partial charge in [0.05, 0.1) is 12.3 Å². The lowest BCUT2D eigenvalue weighted by atomic mass is 9.93. The van der Waals surface area contributed by atoms with Gasteiger partial charge in [-0.1, -0.05) is 81.4 Å². The number of rotatable bonds is 9. The van der Waals surface area contributed by atoms with E-state index in [-0.39, 0.29) is 5.04 Å². The van der Waals surface area contributed by atoms with Crippen molar-refractivity contribution in [1.29, 1.82) is 0 Å². The van der Waals surface area contributed by atoms with Crippen LogP contribution in [-0.2, 0) is 4.43 Å². The first-order chi connectivity index (χ1) is 17.2. The molecule has 1 atom stereocenters. The van der Waals surface area contributed by atoms with Crippen molar-refractivity contribution in [2.75, 3.05) is 6.16 Å². The molecule has 0 N–H and O–H groups in total. The Morgan fingerprint density at radius 3 is 1.69 bits per heavy atom. The normalized spacial score (nSPS) is 17.0. The number of hydrogen-bond acceptors (Lipinski definition) is 1. The van der Waals surface area contributed by atoms with Gasteiger partial charge >= 0.3 is 0 Å². The monoisotopic (exact) mass is 515 g/mol. The van der Waals surface area contributed by atoms with E-state index in [0.29, 0.717) is 6.10 Å². The molecule has 0 amide bonds. The second-order valence-electron chi connectivity index (χ2n) is 11.7. The molecule has 3 aromatic carbocycles. The van der Waals surface area contributed by atoms with Gasteiger partial charge in [-0.2, -0.15) is 0 Å². The maximum Gasteiger partial charge on any atom is 0.192 e. The quantitative estimate of drug-likeness (QED) is 0.158. The van der Waals surface area contributed by atoms with Gasteiger partial charge in [0.2, 0.25) is 0 Å². The Bertz CT molecular complexity index is 1020. The minimum Gasteiger partial charge on any atom is -0.410 e. The van der Waals surface area contributed by atoms with Crippen LogP contribution in [0.15, 0.2) is 103 Å². The molecule has 0 fully saturated rings. The Morgan fingerprint density at radius 2 is 1.25 bits per heavy atom. The van der Waals surface area contributed by atoms with Gasteiger partial charge in [0.15, 0.2) is 8.32 Å². The fourth-order valence-corrected chi connectivity index (χ4v) is 10.9. The van der Waals surface area contributed by atoms with Gasteiger partial charge < -0.3 is 4.43 Å². The van der Waals surface area contributed by atoms with Crippen LogP contribution < -0.4 is 15.9 Å². The third-order valence-corrected chi connectivity index (χ3v) is 17.3. The summed E-state index contributed by atoms with van der Waals surface area (Å²) >= 11 is 0. The van der Waals surface area contributed by atoms with Crippen LogP contribution in [0.3, 0.4) is 0 Å². The van der Waals surface area contributed by atoms with Gasteiger partial charge in [0, 0.05) is 0 Å². The number of hydrogen-bond donors (Lipinski definition) is 0. The minimum absolute atomic E-state index is 0.240.